The third-order valence-corrected chi connectivity index (χ3v) is 5.68. The van der Waals surface area contributed by atoms with Crippen LogP contribution in [0.4, 0.5) is 0 Å². The van der Waals surface area contributed by atoms with Gasteiger partial charge in [0.05, 0.1) is 10.2 Å². The minimum atomic E-state index is 0.200. The lowest BCUT2D eigenvalue weighted by Gasteiger charge is -2.21. The normalized spacial score (nSPS) is 15.0. The van der Waals surface area contributed by atoms with Crippen molar-refractivity contribution in [3.05, 3.63) is 42.0 Å². The van der Waals surface area contributed by atoms with E-state index in [9.17, 15) is 5.11 Å². The molecule has 4 rings (SSSR count). The van der Waals surface area contributed by atoms with Gasteiger partial charge in [-0.2, -0.15) is 0 Å². The van der Waals surface area contributed by atoms with Gasteiger partial charge in [-0.1, -0.05) is 12.1 Å². The molecule has 0 saturated heterocycles. The van der Waals surface area contributed by atoms with Crippen molar-refractivity contribution in [3.8, 4) is 22.1 Å². The van der Waals surface area contributed by atoms with Gasteiger partial charge >= 0.3 is 0 Å². The van der Waals surface area contributed by atoms with Crippen LogP contribution < -0.4 is 4.74 Å². The summed E-state index contributed by atoms with van der Waals surface area (Å²) >= 11 is 1.65. The highest BCUT2D eigenvalue weighted by Gasteiger charge is 2.20. The molecule has 2 heterocycles. The molecule has 0 aliphatic carbocycles. The van der Waals surface area contributed by atoms with Crippen LogP contribution in [0.2, 0.25) is 0 Å². The van der Waals surface area contributed by atoms with Crippen molar-refractivity contribution >= 4 is 21.6 Å². The van der Waals surface area contributed by atoms with Crippen LogP contribution >= 0.6 is 11.3 Å². The van der Waals surface area contributed by atoms with E-state index in [0.29, 0.717) is 12.4 Å². The Labute approximate surface area is 157 Å². The van der Waals surface area contributed by atoms with E-state index < -0.39 is 0 Å². The zero-order chi connectivity index (χ0) is 18.1. The average Bonchev–Trinajstić information content (AvgIpc) is 2.94. The van der Waals surface area contributed by atoms with Crippen LogP contribution in [0, 0.1) is 0 Å². The summed E-state index contributed by atoms with van der Waals surface area (Å²) < 4.78 is 7.00. The van der Waals surface area contributed by atoms with Crippen molar-refractivity contribution in [2.45, 2.75) is 6.54 Å². The van der Waals surface area contributed by atoms with Crippen molar-refractivity contribution in [2.24, 2.45) is 0 Å². The third-order valence-electron chi connectivity index (χ3n) is 4.60. The molecule has 26 heavy (non-hydrogen) atoms. The number of para-hydroxylation sites is 1. The first kappa shape index (κ1) is 17.3. The summed E-state index contributed by atoms with van der Waals surface area (Å²) in [6.45, 7) is 4.20. The highest BCUT2D eigenvalue weighted by atomic mass is 32.1. The van der Waals surface area contributed by atoms with E-state index in [1.165, 1.54) is 0 Å². The maximum absolute atomic E-state index is 10.5. The Kier molecular flexibility index (Phi) is 4.80. The number of rotatable bonds is 4. The smallest absolute Gasteiger partial charge is 0.165 e. The standard InChI is InChI=1S/C20H23N3O2S/c1-22(2)7-8-23-9-10-25-19-15(13-23)11-14(12-17(19)24)20-21-16-5-3-4-6-18(16)26-20/h3-6,11-12,24H,7-10,13H2,1-2H3. The molecule has 6 heteroatoms. The Morgan fingerprint density at radius 3 is 2.92 bits per heavy atom. The number of nitrogens with zero attached hydrogens (tertiary/aromatic N) is 3. The van der Waals surface area contributed by atoms with E-state index in [1.807, 2.05) is 18.2 Å². The van der Waals surface area contributed by atoms with Gasteiger partial charge in [0.25, 0.3) is 0 Å². The molecular formula is C20H23N3O2S. The minimum absolute atomic E-state index is 0.200. The quantitative estimate of drug-likeness (QED) is 0.764. The number of phenolic OH excluding ortho intramolecular Hbond substituents is 1. The van der Waals surface area contributed by atoms with Crippen LogP contribution in [0.5, 0.6) is 11.5 Å². The van der Waals surface area contributed by atoms with Crippen LogP contribution in [0.15, 0.2) is 36.4 Å². The Morgan fingerprint density at radius 1 is 1.27 bits per heavy atom. The van der Waals surface area contributed by atoms with Crippen molar-refractivity contribution in [1.82, 2.24) is 14.8 Å². The van der Waals surface area contributed by atoms with E-state index in [4.69, 9.17) is 9.72 Å². The zero-order valence-electron chi connectivity index (χ0n) is 15.1. The number of phenols is 1. The Hall–Kier alpha value is -2.15. The molecule has 1 N–H and O–H groups in total. The van der Waals surface area contributed by atoms with E-state index in [1.54, 1.807) is 17.4 Å². The summed E-state index contributed by atoms with van der Waals surface area (Å²) in [5, 5.41) is 11.5. The van der Waals surface area contributed by atoms with Crippen molar-refractivity contribution in [1.29, 1.82) is 0 Å². The van der Waals surface area contributed by atoms with Gasteiger partial charge in [-0.05, 0) is 38.4 Å². The molecule has 0 unspecified atom stereocenters. The SMILES string of the molecule is CN(C)CCN1CCOc2c(O)cc(-c3nc4ccccc4s3)cc2C1. The van der Waals surface area contributed by atoms with Gasteiger partial charge in [0.15, 0.2) is 11.5 Å². The second kappa shape index (κ2) is 7.23. The van der Waals surface area contributed by atoms with Crippen molar-refractivity contribution < 1.29 is 9.84 Å². The summed E-state index contributed by atoms with van der Waals surface area (Å²) in [5.74, 6) is 0.813. The molecule has 136 valence electrons. The fraction of sp³-hybridized carbons (Fsp3) is 0.350. The molecule has 1 aliphatic heterocycles. The highest BCUT2D eigenvalue weighted by Crippen LogP contribution is 2.39. The van der Waals surface area contributed by atoms with Gasteiger partial charge in [-0.3, -0.25) is 4.90 Å². The summed E-state index contributed by atoms with van der Waals surface area (Å²) in [6, 6.07) is 12.0. The predicted molar refractivity (Wildman–Crippen MR) is 106 cm³/mol. The molecule has 0 saturated carbocycles. The highest BCUT2D eigenvalue weighted by molar-refractivity contribution is 7.21. The molecule has 2 aromatic carbocycles. The summed E-state index contributed by atoms with van der Waals surface area (Å²) in [4.78, 5) is 9.27. The molecule has 0 bridgehead atoms. The van der Waals surface area contributed by atoms with Crippen molar-refractivity contribution in [2.75, 3.05) is 40.3 Å². The molecule has 0 spiro atoms. The first-order chi connectivity index (χ1) is 12.6. The van der Waals surface area contributed by atoms with Crippen LogP contribution in [-0.2, 0) is 6.54 Å². The molecular weight excluding hydrogens is 346 g/mol. The number of ether oxygens (including phenoxy) is 1. The second-order valence-corrected chi connectivity index (χ2v) is 7.93. The predicted octanol–water partition coefficient (Wildman–Crippen LogP) is 3.42. The molecule has 0 amide bonds. The van der Waals surface area contributed by atoms with Gasteiger partial charge in [0, 0.05) is 37.3 Å². The van der Waals surface area contributed by atoms with E-state index in [0.717, 1.165) is 52.5 Å². The van der Waals surface area contributed by atoms with Crippen LogP contribution in [0.1, 0.15) is 5.56 Å². The molecule has 0 atom stereocenters. The Morgan fingerprint density at radius 2 is 2.12 bits per heavy atom. The van der Waals surface area contributed by atoms with Gasteiger partial charge in [-0.15, -0.1) is 11.3 Å². The van der Waals surface area contributed by atoms with E-state index >= 15 is 0 Å². The first-order valence-electron chi connectivity index (χ1n) is 8.82. The van der Waals surface area contributed by atoms with Crippen LogP contribution in [-0.4, -0.2) is 60.2 Å². The van der Waals surface area contributed by atoms with Gasteiger partial charge in [-0.25, -0.2) is 4.98 Å². The lowest BCUT2D eigenvalue weighted by atomic mass is 10.1. The van der Waals surface area contributed by atoms with Crippen LogP contribution in [0.3, 0.4) is 0 Å². The fourth-order valence-corrected chi connectivity index (χ4v) is 4.16. The number of hydrogen-bond donors (Lipinski definition) is 1. The summed E-state index contributed by atoms with van der Waals surface area (Å²) in [6.07, 6.45) is 0. The van der Waals surface area contributed by atoms with Crippen molar-refractivity contribution in [3.63, 3.8) is 0 Å². The number of hydrogen-bond acceptors (Lipinski definition) is 6. The lowest BCUT2D eigenvalue weighted by Crippen LogP contribution is -2.32. The number of aromatic hydroxyl groups is 1. The number of thiazole rings is 1. The monoisotopic (exact) mass is 369 g/mol. The first-order valence-corrected chi connectivity index (χ1v) is 9.63. The maximum atomic E-state index is 10.5. The van der Waals surface area contributed by atoms with Gasteiger partial charge < -0.3 is 14.7 Å². The van der Waals surface area contributed by atoms with Crippen LogP contribution in [0.25, 0.3) is 20.8 Å². The topological polar surface area (TPSA) is 48.8 Å². The minimum Gasteiger partial charge on any atom is -0.504 e. The largest absolute Gasteiger partial charge is 0.504 e. The maximum Gasteiger partial charge on any atom is 0.165 e. The van der Waals surface area contributed by atoms with E-state index in [2.05, 4.69) is 36.0 Å². The number of likely N-dealkylation sites (N-methyl/N-ethyl adjacent to an activating group) is 1. The van der Waals surface area contributed by atoms with Gasteiger partial charge in [0.1, 0.15) is 11.6 Å². The van der Waals surface area contributed by atoms with Gasteiger partial charge in [0.2, 0.25) is 0 Å². The number of fused-ring (bicyclic) bond motifs is 2. The molecule has 0 fully saturated rings. The second-order valence-electron chi connectivity index (χ2n) is 6.90. The summed E-state index contributed by atoms with van der Waals surface area (Å²) in [5.41, 5.74) is 2.96. The lowest BCUT2D eigenvalue weighted by molar-refractivity contribution is 0.206. The summed E-state index contributed by atoms with van der Waals surface area (Å²) in [7, 11) is 4.17. The number of benzene rings is 2. The molecule has 1 aliphatic rings. The molecule has 3 aromatic rings. The molecule has 1 aromatic heterocycles. The number of aromatic nitrogens is 1. The molecule has 0 radical (unpaired) electrons. The average molecular weight is 369 g/mol. The molecule has 5 nitrogen and oxygen atoms in total. The van der Waals surface area contributed by atoms with E-state index in [-0.39, 0.29) is 5.75 Å². The Bertz CT molecular complexity index is 890. The zero-order valence-corrected chi connectivity index (χ0v) is 15.9. The third kappa shape index (κ3) is 3.53. The Balaban J connectivity index is 1.67. The fourth-order valence-electron chi connectivity index (χ4n) is 3.20.